The number of amides is 10. The SMILES string of the molecule is CC(=O)N[C@H]1CSc2c3ccccc3cn2CCCC[C@@H](C(N)=O)NC(=O)[C@H](C)NC(=O)[C@H](Cc2cnc[nH]2)NC(=O)[C@H]([C@@H](C)O)NC(=O)[C@H](CC(C)C)NC(=O)[C@H](C)NC(=O)[C@H](Cc2cnc[nH]2)NC(=O)[C@H](Cc2cnc[nH]2)NC1=O. The van der Waals surface area contributed by atoms with E-state index in [1.54, 1.807) is 13.8 Å². The molecule has 82 heavy (non-hydrogen) atoms. The van der Waals surface area contributed by atoms with Gasteiger partial charge >= 0.3 is 0 Å². The topological polar surface area (TPSA) is 416 Å². The second kappa shape index (κ2) is 29.7. The van der Waals surface area contributed by atoms with Gasteiger partial charge in [0.05, 0.1) is 30.1 Å². The van der Waals surface area contributed by atoms with E-state index < -0.39 is 120 Å². The van der Waals surface area contributed by atoms with Crippen molar-refractivity contribution in [3.8, 4) is 0 Å². The summed E-state index contributed by atoms with van der Waals surface area (Å²) in [5.74, 6) is -8.34. The minimum atomic E-state index is -1.70. The van der Waals surface area contributed by atoms with Crippen molar-refractivity contribution in [1.82, 2.24) is 82.3 Å². The van der Waals surface area contributed by atoms with E-state index in [1.807, 2.05) is 35.0 Å². The van der Waals surface area contributed by atoms with Crippen LogP contribution in [0.3, 0.4) is 0 Å². The van der Waals surface area contributed by atoms with Crippen LogP contribution in [0.1, 0.15) is 84.3 Å². The quantitative estimate of drug-likeness (QED) is 0.0691. The number of benzene rings is 1. The van der Waals surface area contributed by atoms with Gasteiger partial charge in [0.15, 0.2) is 0 Å². The van der Waals surface area contributed by atoms with E-state index in [-0.39, 0.29) is 43.8 Å². The Labute approximate surface area is 476 Å². The first-order chi connectivity index (χ1) is 39.1. The number of primary amides is 1. The minimum Gasteiger partial charge on any atom is -0.391 e. The molecule has 6 rings (SSSR count). The summed E-state index contributed by atoms with van der Waals surface area (Å²) in [6.07, 6.45) is 9.27. The fourth-order valence-corrected chi connectivity index (χ4v) is 10.2. The Morgan fingerprint density at radius 3 is 1.65 bits per heavy atom. The second-order valence-corrected chi connectivity index (χ2v) is 21.7. The summed E-state index contributed by atoms with van der Waals surface area (Å²) < 4.78 is 1.97. The number of rotatable bonds is 11. The van der Waals surface area contributed by atoms with Gasteiger partial charge in [0.1, 0.15) is 54.4 Å². The number of aliphatic hydroxyl groups is 1. The lowest BCUT2D eigenvalue weighted by Gasteiger charge is -2.28. The Balaban J connectivity index is 1.33. The number of aliphatic hydroxyl groups excluding tert-OH is 1. The number of hydrogen-bond acceptors (Lipinski definition) is 15. The van der Waals surface area contributed by atoms with E-state index in [4.69, 9.17) is 5.73 Å². The van der Waals surface area contributed by atoms with Crippen LogP contribution in [0.2, 0.25) is 0 Å². The molecule has 10 atom stereocenters. The highest BCUT2D eigenvalue weighted by molar-refractivity contribution is 7.99. The third-order valence-corrected chi connectivity index (χ3v) is 14.6. The molecular formula is C53H73N17O11S. The predicted octanol–water partition coefficient (Wildman–Crippen LogP) is -1.85. The van der Waals surface area contributed by atoms with Crippen LogP contribution < -0.4 is 53.6 Å². The van der Waals surface area contributed by atoms with Crippen molar-refractivity contribution in [2.24, 2.45) is 11.7 Å². The van der Waals surface area contributed by atoms with Gasteiger partial charge in [-0.2, -0.15) is 0 Å². The molecule has 29 heteroatoms. The van der Waals surface area contributed by atoms with E-state index in [0.29, 0.717) is 36.5 Å². The first kappa shape index (κ1) is 62.6. The van der Waals surface area contributed by atoms with Crippen LogP contribution in [0.15, 0.2) is 73.1 Å². The average molecular weight is 1160 g/mol. The maximum Gasteiger partial charge on any atom is 0.245 e. The van der Waals surface area contributed by atoms with Crippen molar-refractivity contribution in [3.05, 3.63) is 85.1 Å². The predicted molar refractivity (Wildman–Crippen MR) is 298 cm³/mol. The number of imidazole rings is 3. The number of H-pyrrole nitrogens is 3. The molecular weight excluding hydrogens is 1080 g/mol. The molecule has 5 heterocycles. The van der Waals surface area contributed by atoms with Crippen molar-refractivity contribution in [1.29, 1.82) is 0 Å². The Kier molecular flexibility index (Phi) is 22.7. The zero-order valence-corrected chi connectivity index (χ0v) is 47.2. The monoisotopic (exact) mass is 1160 g/mol. The summed E-state index contributed by atoms with van der Waals surface area (Å²) in [7, 11) is 0. The normalized spacial score (nSPS) is 24.5. The van der Waals surface area contributed by atoms with Gasteiger partial charge < -0.3 is 78.2 Å². The first-order valence-electron chi connectivity index (χ1n) is 26.9. The van der Waals surface area contributed by atoms with Crippen LogP contribution in [0, 0.1) is 5.92 Å². The third kappa shape index (κ3) is 18.2. The van der Waals surface area contributed by atoms with E-state index >= 15 is 0 Å². The number of aryl methyl sites for hydroxylation is 1. The molecule has 0 fully saturated rings. The zero-order valence-electron chi connectivity index (χ0n) is 46.4. The van der Waals surface area contributed by atoms with Crippen LogP contribution >= 0.6 is 11.8 Å². The molecule has 10 amide bonds. The third-order valence-electron chi connectivity index (χ3n) is 13.4. The fourth-order valence-electron chi connectivity index (χ4n) is 9.02. The van der Waals surface area contributed by atoms with E-state index in [0.717, 1.165) is 15.8 Å². The molecule has 0 spiro atoms. The maximum absolute atomic E-state index is 14.5. The van der Waals surface area contributed by atoms with Crippen molar-refractivity contribution in [3.63, 3.8) is 0 Å². The lowest BCUT2D eigenvalue weighted by atomic mass is 10.0. The van der Waals surface area contributed by atoms with Crippen LogP contribution in [0.5, 0.6) is 0 Å². The molecule has 0 bridgehead atoms. The largest absolute Gasteiger partial charge is 0.391 e. The fraction of sp³-hybridized carbons (Fsp3) is 0.491. The van der Waals surface area contributed by atoms with Gasteiger partial charge in [-0.05, 0) is 52.4 Å². The molecule has 1 aliphatic heterocycles. The molecule has 0 saturated heterocycles. The van der Waals surface area contributed by atoms with Crippen LogP contribution in [-0.2, 0) is 73.8 Å². The molecule has 5 aromatic rings. The van der Waals surface area contributed by atoms with Gasteiger partial charge in [0.2, 0.25) is 59.1 Å². The second-order valence-electron chi connectivity index (χ2n) is 20.6. The number of nitrogens with two attached hydrogens (primary N) is 1. The standard InChI is InChI=1S/C53H73N17O11S/c1-27(2)15-38-50(79)69-43(30(5)71)52(81)68-40(17-34-20-56-25-59-34)48(77)61-28(3)45(74)64-37(44(54)73)13-9-10-14-70-22-32-11-7-8-12-36(32)53(70)82-23-42(63-31(6)72)51(80)67-41(18-35-21-57-26-60-35)49(78)66-39(16-33-19-55-24-58-33)47(76)62-29(4)46(75)65-38/h7-8,11-12,19-22,24-30,37-43,71H,9-10,13-18,23H2,1-6H3,(H2,54,73)(H,55,58)(H,56,59)(H,57,60)(H,61,77)(H,62,76)(H,63,72)(H,64,74)(H,65,75)(H,66,78)(H,67,80)(H,68,81)(H,69,79)/t28-,29-,30+,37-,38-,39-,40-,41-,42-,43-/m0/s1. The van der Waals surface area contributed by atoms with Gasteiger partial charge in [-0.1, -0.05) is 38.1 Å². The Morgan fingerprint density at radius 1 is 0.659 bits per heavy atom. The summed E-state index contributed by atoms with van der Waals surface area (Å²) in [6.45, 7) is 9.14. The summed E-state index contributed by atoms with van der Waals surface area (Å²) in [4.78, 5) is 159. The molecule has 0 aliphatic carbocycles. The lowest BCUT2D eigenvalue weighted by Crippen LogP contribution is -2.62. The van der Waals surface area contributed by atoms with Crippen LogP contribution in [0.25, 0.3) is 10.8 Å². The van der Waals surface area contributed by atoms with Crippen LogP contribution in [-0.4, -0.2) is 165 Å². The molecule has 0 radical (unpaired) electrons. The van der Waals surface area contributed by atoms with Gasteiger partial charge in [-0.15, -0.1) is 11.8 Å². The summed E-state index contributed by atoms with van der Waals surface area (Å²) >= 11 is 1.28. The highest BCUT2D eigenvalue weighted by atomic mass is 32.2. The minimum absolute atomic E-state index is 0.00969. The van der Waals surface area contributed by atoms with Crippen LogP contribution in [0.4, 0.5) is 0 Å². The molecule has 0 saturated carbocycles. The Morgan fingerprint density at radius 2 is 1.15 bits per heavy atom. The molecule has 1 aromatic carbocycles. The van der Waals surface area contributed by atoms with E-state index in [1.165, 1.54) is 77.0 Å². The summed E-state index contributed by atoms with van der Waals surface area (Å²) in [5, 5.41) is 37.0. The number of thioether (sulfide) groups is 1. The molecule has 0 unspecified atom stereocenters. The number of hydrogen-bond donors (Lipinski definition) is 14. The molecule has 4 aromatic heterocycles. The molecule has 15 N–H and O–H groups in total. The smallest absolute Gasteiger partial charge is 0.245 e. The Hall–Kier alpha value is -8.60. The summed E-state index contributed by atoms with van der Waals surface area (Å²) in [6, 6.07) is -4.65. The van der Waals surface area contributed by atoms with Crippen molar-refractivity contribution in [2.45, 2.75) is 159 Å². The lowest BCUT2D eigenvalue weighted by molar-refractivity contribution is -0.137. The van der Waals surface area contributed by atoms with Crippen molar-refractivity contribution in [2.75, 3.05) is 5.75 Å². The van der Waals surface area contributed by atoms with Gasteiger partial charge in [-0.3, -0.25) is 47.9 Å². The maximum atomic E-state index is 14.5. The summed E-state index contributed by atoms with van der Waals surface area (Å²) in [5.41, 5.74) is 7.03. The number of nitrogens with zero attached hydrogens (tertiary/aromatic N) is 4. The number of nitrogens with one attached hydrogen (secondary N) is 12. The molecule has 442 valence electrons. The molecule has 28 nitrogen and oxygen atoms in total. The Bertz CT molecular complexity index is 3000. The van der Waals surface area contributed by atoms with E-state index in [2.05, 4.69) is 77.8 Å². The van der Waals surface area contributed by atoms with E-state index in [9.17, 15) is 53.1 Å². The first-order valence-corrected chi connectivity index (χ1v) is 27.8. The number of aromatic amines is 3. The number of carbonyl (C=O) groups excluding carboxylic acids is 10. The zero-order chi connectivity index (χ0) is 59.6. The van der Waals surface area contributed by atoms with Gasteiger partial charge in [0, 0.05) is 91.1 Å². The number of aromatic nitrogens is 7. The van der Waals surface area contributed by atoms with Crippen molar-refractivity contribution >= 4 is 81.6 Å². The van der Waals surface area contributed by atoms with Gasteiger partial charge in [0.25, 0.3) is 0 Å². The number of fused-ring (bicyclic) bond motifs is 3. The van der Waals surface area contributed by atoms with Gasteiger partial charge in [-0.25, -0.2) is 15.0 Å². The number of carbonyl (C=O) groups is 10. The highest BCUT2D eigenvalue weighted by Gasteiger charge is 2.36. The average Bonchev–Trinajstić information content (AvgIpc) is 4.40. The molecule has 1 aliphatic rings. The van der Waals surface area contributed by atoms with Crippen molar-refractivity contribution < 1.29 is 53.1 Å². The highest BCUT2D eigenvalue weighted by Crippen LogP contribution is 2.31.